The van der Waals surface area contributed by atoms with Gasteiger partial charge in [-0.1, -0.05) is 6.92 Å². The van der Waals surface area contributed by atoms with Crippen molar-refractivity contribution >= 4 is 0 Å². The molecule has 1 fully saturated rings. The van der Waals surface area contributed by atoms with Crippen molar-refractivity contribution in [3.63, 3.8) is 0 Å². The highest BCUT2D eigenvalue weighted by atomic mass is 19.1. The fraction of sp³-hybridized carbons (Fsp3) is 0.667. The highest BCUT2D eigenvalue weighted by molar-refractivity contribution is 5.31. The summed E-state index contributed by atoms with van der Waals surface area (Å²) in [4.78, 5) is 0. The summed E-state index contributed by atoms with van der Waals surface area (Å²) in [6.07, 6.45) is 0.160. The molecule has 0 amide bonds. The van der Waals surface area contributed by atoms with E-state index in [1.54, 1.807) is 6.92 Å². The number of hydrogen-bond acceptors (Lipinski definition) is 2. The Morgan fingerprint density at radius 2 is 2.18 bits per heavy atom. The molecule has 0 aromatic carbocycles. The van der Waals surface area contributed by atoms with Crippen LogP contribution in [0.15, 0.2) is 23.5 Å². The summed E-state index contributed by atoms with van der Waals surface area (Å²) >= 11 is 0. The topological polar surface area (TPSA) is 21.3 Å². The lowest BCUT2D eigenvalue weighted by Crippen LogP contribution is -2.42. The average molecular weight is 247 g/mol. The maximum atomic E-state index is 13.7. The third-order valence-corrected chi connectivity index (χ3v) is 3.61. The van der Waals surface area contributed by atoms with E-state index in [1.807, 2.05) is 0 Å². The minimum absolute atomic E-state index is 0.0357. The molecule has 0 unspecified atom stereocenters. The molecule has 17 heavy (non-hydrogen) atoms. The van der Waals surface area contributed by atoms with Gasteiger partial charge in [0, 0.05) is 30.5 Å². The Hall–Kier alpha value is -0.970. The predicted octanol–water partition coefficient (Wildman–Crippen LogP) is 2.78. The van der Waals surface area contributed by atoms with Crippen LogP contribution >= 0.6 is 0 Å². The SMILES string of the molecule is COC1=C(F)C=C(F)C[C@@]1(C)[C@H]1C[C@H](F)CN1. The Kier molecular flexibility index (Phi) is 3.21. The molecular formula is C12H16F3NO. The first kappa shape index (κ1) is 12.5. The lowest BCUT2D eigenvalue weighted by atomic mass is 9.73. The number of hydrogen-bond donors (Lipinski definition) is 1. The van der Waals surface area contributed by atoms with Crippen molar-refractivity contribution in [1.82, 2.24) is 5.32 Å². The van der Waals surface area contributed by atoms with E-state index in [0.29, 0.717) is 0 Å². The molecule has 3 atom stereocenters. The molecule has 1 heterocycles. The van der Waals surface area contributed by atoms with Crippen LogP contribution in [0.1, 0.15) is 19.8 Å². The molecule has 2 nitrogen and oxygen atoms in total. The zero-order valence-electron chi connectivity index (χ0n) is 9.90. The molecular weight excluding hydrogens is 231 g/mol. The maximum absolute atomic E-state index is 13.7. The van der Waals surface area contributed by atoms with E-state index in [-0.39, 0.29) is 31.2 Å². The monoisotopic (exact) mass is 247 g/mol. The van der Waals surface area contributed by atoms with Crippen molar-refractivity contribution in [3.8, 4) is 0 Å². The second-order valence-corrected chi connectivity index (χ2v) is 4.86. The third-order valence-electron chi connectivity index (χ3n) is 3.61. The first-order valence-corrected chi connectivity index (χ1v) is 5.65. The Balaban J connectivity index is 2.33. The molecule has 0 spiro atoms. The predicted molar refractivity (Wildman–Crippen MR) is 58.4 cm³/mol. The number of alkyl halides is 1. The van der Waals surface area contributed by atoms with Crippen LogP contribution in [0.4, 0.5) is 13.2 Å². The Morgan fingerprint density at radius 3 is 2.71 bits per heavy atom. The quantitative estimate of drug-likeness (QED) is 0.810. The summed E-state index contributed by atoms with van der Waals surface area (Å²) < 4.78 is 45.3. The third kappa shape index (κ3) is 2.08. The molecule has 2 rings (SSSR count). The van der Waals surface area contributed by atoms with Crippen LogP contribution in [0.2, 0.25) is 0 Å². The normalized spacial score (nSPS) is 38.3. The molecule has 1 saturated heterocycles. The summed E-state index contributed by atoms with van der Waals surface area (Å²) in [6, 6.07) is -0.308. The van der Waals surface area contributed by atoms with Crippen LogP contribution in [0.3, 0.4) is 0 Å². The minimum atomic E-state index is -0.966. The Labute approximate surface area is 98.5 Å². The van der Waals surface area contributed by atoms with Crippen molar-refractivity contribution < 1.29 is 17.9 Å². The van der Waals surface area contributed by atoms with Gasteiger partial charge in [0.05, 0.1) is 7.11 Å². The van der Waals surface area contributed by atoms with Gasteiger partial charge in [-0.25, -0.2) is 13.2 Å². The zero-order chi connectivity index (χ0) is 12.6. The largest absolute Gasteiger partial charge is 0.497 e. The fourth-order valence-electron chi connectivity index (χ4n) is 2.75. The molecule has 2 aliphatic rings. The first-order valence-electron chi connectivity index (χ1n) is 5.65. The van der Waals surface area contributed by atoms with E-state index in [0.717, 1.165) is 6.08 Å². The first-order chi connectivity index (χ1) is 7.97. The molecule has 1 aliphatic carbocycles. The molecule has 0 aromatic heterocycles. The van der Waals surface area contributed by atoms with Crippen LogP contribution < -0.4 is 5.32 Å². The molecule has 1 aliphatic heterocycles. The molecule has 5 heteroatoms. The molecule has 0 radical (unpaired) electrons. The highest BCUT2D eigenvalue weighted by Crippen LogP contribution is 2.46. The van der Waals surface area contributed by atoms with E-state index in [9.17, 15) is 13.2 Å². The summed E-state index contributed by atoms with van der Waals surface area (Å²) in [5, 5.41) is 2.97. The van der Waals surface area contributed by atoms with Crippen LogP contribution in [0, 0.1) is 5.41 Å². The van der Waals surface area contributed by atoms with Gasteiger partial charge in [0.25, 0.3) is 0 Å². The van der Waals surface area contributed by atoms with Gasteiger partial charge in [0.2, 0.25) is 0 Å². The van der Waals surface area contributed by atoms with Crippen molar-refractivity contribution in [2.45, 2.75) is 32.0 Å². The summed E-state index contributed by atoms with van der Waals surface area (Å²) in [5.41, 5.74) is -0.863. The number of methoxy groups -OCH3 is 1. The lowest BCUT2D eigenvalue weighted by Gasteiger charge is -2.38. The van der Waals surface area contributed by atoms with Crippen molar-refractivity contribution in [2.24, 2.45) is 5.41 Å². The van der Waals surface area contributed by atoms with Crippen molar-refractivity contribution in [2.75, 3.05) is 13.7 Å². The Bertz CT molecular complexity index is 380. The van der Waals surface area contributed by atoms with Gasteiger partial charge in [-0.15, -0.1) is 0 Å². The van der Waals surface area contributed by atoms with Gasteiger partial charge in [-0.05, 0) is 6.42 Å². The molecule has 0 saturated carbocycles. The number of allylic oxidation sites excluding steroid dienone is 3. The van der Waals surface area contributed by atoms with E-state index in [2.05, 4.69) is 5.32 Å². The van der Waals surface area contributed by atoms with E-state index < -0.39 is 23.2 Å². The number of rotatable bonds is 2. The van der Waals surface area contributed by atoms with Crippen molar-refractivity contribution in [3.05, 3.63) is 23.5 Å². The van der Waals surface area contributed by atoms with Gasteiger partial charge < -0.3 is 10.1 Å². The minimum Gasteiger partial charge on any atom is -0.497 e. The molecule has 96 valence electrons. The highest BCUT2D eigenvalue weighted by Gasteiger charge is 2.46. The maximum Gasteiger partial charge on any atom is 0.163 e. The van der Waals surface area contributed by atoms with Gasteiger partial charge in [0.1, 0.15) is 17.8 Å². The van der Waals surface area contributed by atoms with Crippen LogP contribution in [0.5, 0.6) is 0 Å². The smallest absolute Gasteiger partial charge is 0.163 e. The molecule has 1 N–H and O–H groups in total. The van der Waals surface area contributed by atoms with Crippen LogP contribution in [-0.2, 0) is 4.74 Å². The van der Waals surface area contributed by atoms with Gasteiger partial charge in [0.15, 0.2) is 5.83 Å². The zero-order valence-corrected chi connectivity index (χ0v) is 9.90. The van der Waals surface area contributed by atoms with Crippen LogP contribution in [0.25, 0.3) is 0 Å². The average Bonchev–Trinajstić information content (AvgIpc) is 2.64. The number of halogens is 3. The van der Waals surface area contributed by atoms with E-state index in [1.165, 1.54) is 7.11 Å². The van der Waals surface area contributed by atoms with Gasteiger partial charge in [-0.2, -0.15) is 0 Å². The van der Waals surface area contributed by atoms with E-state index in [4.69, 9.17) is 4.74 Å². The number of nitrogens with one attached hydrogen (secondary N) is 1. The second-order valence-electron chi connectivity index (χ2n) is 4.86. The summed E-state index contributed by atoms with van der Waals surface area (Å²) in [6.45, 7) is 1.93. The van der Waals surface area contributed by atoms with Crippen molar-refractivity contribution in [1.29, 1.82) is 0 Å². The molecule has 0 bridgehead atoms. The second kappa shape index (κ2) is 4.37. The number of ether oxygens (including phenoxy) is 1. The van der Waals surface area contributed by atoms with E-state index >= 15 is 0 Å². The fourth-order valence-corrected chi connectivity index (χ4v) is 2.75. The Morgan fingerprint density at radius 1 is 1.47 bits per heavy atom. The van der Waals surface area contributed by atoms with Gasteiger partial charge in [-0.3, -0.25) is 0 Å². The summed E-state index contributed by atoms with van der Waals surface area (Å²) in [5.74, 6) is -1.14. The lowest BCUT2D eigenvalue weighted by molar-refractivity contribution is 0.123. The summed E-state index contributed by atoms with van der Waals surface area (Å²) in [7, 11) is 1.35. The van der Waals surface area contributed by atoms with Gasteiger partial charge >= 0.3 is 0 Å². The van der Waals surface area contributed by atoms with Crippen LogP contribution in [-0.4, -0.2) is 25.9 Å². The molecule has 0 aromatic rings. The standard InChI is InChI=1S/C12H16F3NO/c1-12(10-4-8(14)6-16-10)5-7(13)3-9(15)11(12)17-2/h3,8,10,16H,4-6H2,1-2H3/t8-,10+,12-/m0/s1.